The summed E-state index contributed by atoms with van der Waals surface area (Å²) in [7, 11) is 1.68. The fourth-order valence-corrected chi connectivity index (χ4v) is 2.00. The monoisotopic (exact) mass is 291 g/mol. The van der Waals surface area contributed by atoms with Crippen molar-refractivity contribution in [3.05, 3.63) is 29.8 Å². The molecule has 0 aromatic heterocycles. The SMILES string of the molecule is CC=Cc1ccc(OCCCCNC(C)CC)c(OC)c1. The molecule has 0 aliphatic carbocycles. The van der Waals surface area contributed by atoms with Crippen molar-refractivity contribution >= 4 is 6.08 Å². The number of hydrogen-bond donors (Lipinski definition) is 1. The van der Waals surface area contributed by atoms with Gasteiger partial charge in [-0.05, 0) is 57.4 Å². The van der Waals surface area contributed by atoms with Crippen LogP contribution in [0.3, 0.4) is 0 Å². The summed E-state index contributed by atoms with van der Waals surface area (Å²) >= 11 is 0. The van der Waals surface area contributed by atoms with E-state index in [1.165, 1.54) is 6.42 Å². The van der Waals surface area contributed by atoms with E-state index in [0.717, 1.165) is 43.1 Å². The van der Waals surface area contributed by atoms with E-state index in [4.69, 9.17) is 9.47 Å². The van der Waals surface area contributed by atoms with E-state index >= 15 is 0 Å². The van der Waals surface area contributed by atoms with Crippen molar-refractivity contribution in [1.29, 1.82) is 0 Å². The van der Waals surface area contributed by atoms with Gasteiger partial charge in [-0.25, -0.2) is 0 Å². The minimum atomic E-state index is 0.602. The smallest absolute Gasteiger partial charge is 0.161 e. The first-order valence-electron chi connectivity index (χ1n) is 7.88. The molecule has 3 nitrogen and oxygen atoms in total. The highest BCUT2D eigenvalue weighted by Gasteiger charge is 2.04. The van der Waals surface area contributed by atoms with Crippen LogP contribution in [0.25, 0.3) is 6.08 Å². The van der Waals surface area contributed by atoms with Gasteiger partial charge in [0.2, 0.25) is 0 Å². The number of methoxy groups -OCH3 is 1. The first kappa shape index (κ1) is 17.6. The van der Waals surface area contributed by atoms with Crippen LogP contribution in [-0.4, -0.2) is 26.3 Å². The van der Waals surface area contributed by atoms with Crippen LogP contribution in [0.4, 0.5) is 0 Å². The van der Waals surface area contributed by atoms with Gasteiger partial charge in [0.1, 0.15) is 0 Å². The maximum atomic E-state index is 5.82. The Labute approximate surface area is 129 Å². The first-order valence-corrected chi connectivity index (χ1v) is 7.88. The third-order valence-corrected chi connectivity index (χ3v) is 3.48. The summed E-state index contributed by atoms with van der Waals surface area (Å²) in [5, 5.41) is 3.49. The summed E-state index contributed by atoms with van der Waals surface area (Å²) in [5.74, 6) is 1.61. The van der Waals surface area contributed by atoms with Crippen LogP contribution in [0.15, 0.2) is 24.3 Å². The van der Waals surface area contributed by atoms with E-state index in [1.54, 1.807) is 7.11 Å². The predicted molar refractivity (Wildman–Crippen MR) is 90.2 cm³/mol. The van der Waals surface area contributed by atoms with Gasteiger partial charge in [0.15, 0.2) is 11.5 Å². The lowest BCUT2D eigenvalue weighted by atomic mass is 10.2. The Morgan fingerprint density at radius 2 is 2.05 bits per heavy atom. The van der Waals surface area contributed by atoms with Gasteiger partial charge in [-0.15, -0.1) is 0 Å². The van der Waals surface area contributed by atoms with E-state index < -0.39 is 0 Å². The van der Waals surface area contributed by atoms with Crippen LogP contribution in [0.2, 0.25) is 0 Å². The number of rotatable bonds is 10. The molecule has 0 amide bonds. The van der Waals surface area contributed by atoms with Gasteiger partial charge in [0, 0.05) is 6.04 Å². The van der Waals surface area contributed by atoms with Crippen LogP contribution >= 0.6 is 0 Å². The highest BCUT2D eigenvalue weighted by atomic mass is 16.5. The van der Waals surface area contributed by atoms with E-state index in [2.05, 4.69) is 19.2 Å². The fourth-order valence-electron chi connectivity index (χ4n) is 2.00. The van der Waals surface area contributed by atoms with Crippen LogP contribution in [0.1, 0.15) is 45.6 Å². The second kappa shape index (κ2) is 10.3. The zero-order chi connectivity index (χ0) is 15.5. The molecule has 118 valence electrons. The molecule has 1 N–H and O–H groups in total. The quantitative estimate of drug-likeness (QED) is 0.653. The summed E-state index contributed by atoms with van der Waals surface area (Å²) < 4.78 is 11.2. The van der Waals surface area contributed by atoms with E-state index in [1.807, 2.05) is 37.3 Å². The molecular formula is C18H29NO2. The molecule has 0 fully saturated rings. The topological polar surface area (TPSA) is 30.5 Å². The maximum Gasteiger partial charge on any atom is 0.161 e. The Morgan fingerprint density at radius 1 is 1.24 bits per heavy atom. The molecule has 0 spiro atoms. The van der Waals surface area contributed by atoms with E-state index in [9.17, 15) is 0 Å². The number of hydrogen-bond acceptors (Lipinski definition) is 3. The zero-order valence-corrected chi connectivity index (χ0v) is 13.8. The van der Waals surface area contributed by atoms with Gasteiger partial charge < -0.3 is 14.8 Å². The highest BCUT2D eigenvalue weighted by Crippen LogP contribution is 2.28. The lowest BCUT2D eigenvalue weighted by Gasteiger charge is -2.13. The molecule has 1 unspecified atom stereocenters. The Morgan fingerprint density at radius 3 is 2.71 bits per heavy atom. The molecule has 1 aromatic carbocycles. The Kier molecular flexibility index (Phi) is 8.60. The molecule has 0 heterocycles. The lowest BCUT2D eigenvalue weighted by molar-refractivity contribution is 0.285. The number of ether oxygens (including phenoxy) is 2. The minimum absolute atomic E-state index is 0.602. The Balaban J connectivity index is 2.34. The summed E-state index contributed by atoms with van der Waals surface area (Å²) in [6.07, 6.45) is 7.41. The molecule has 0 saturated heterocycles. The normalized spacial score (nSPS) is 12.6. The van der Waals surface area contributed by atoms with Crippen molar-refractivity contribution in [2.75, 3.05) is 20.3 Å². The second-order valence-electron chi connectivity index (χ2n) is 5.23. The zero-order valence-electron chi connectivity index (χ0n) is 13.8. The average molecular weight is 291 g/mol. The van der Waals surface area contributed by atoms with Gasteiger partial charge in [0.25, 0.3) is 0 Å². The molecule has 0 aliphatic rings. The Hall–Kier alpha value is -1.48. The molecule has 0 bridgehead atoms. The summed E-state index contributed by atoms with van der Waals surface area (Å²) in [4.78, 5) is 0. The van der Waals surface area contributed by atoms with Crippen molar-refractivity contribution in [2.45, 2.75) is 46.1 Å². The van der Waals surface area contributed by atoms with Gasteiger partial charge in [-0.3, -0.25) is 0 Å². The minimum Gasteiger partial charge on any atom is -0.493 e. The summed E-state index contributed by atoms with van der Waals surface area (Å²) in [6, 6.07) is 6.62. The predicted octanol–water partition coefficient (Wildman–Crippen LogP) is 4.28. The lowest BCUT2D eigenvalue weighted by Crippen LogP contribution is -2.26. The molecule has 0 saturated carbocycles. The molecular weight excluding hydrogens is 262 g/mol. The number of nitrogens with one attached hydrogen (secondary N) is 1. The van der Waals surface area contributed by atoms with Gasteiger partial charge in [0.05, 0.1) is 13.7 Å². The maximum absolute atomic E-state index is 5.82. The van der Waals surface area contributed by atoms with Crippen molar-refractivity contribution in [3.63, 3.8) is 0 Å². The van der Waals surface area contributed by atoms with Crippen LogP contribution in [0.5, 0.6) is 11.5 Å². The number of benzene rings is 1. The van der Waals surface area contributed by atoms with Crippen LogP contribution in [0, 0.1) is 0 Å². The molecule has 1 atom stereocenters. The Bertz CT molecular complexity index is 429. The third kappa shape index (κ3) is 6.67. The van der Waals surface area contributed by atoms with Gasteiger partial charge in [-0.2, -0.15) is 0 Å². The number of unbranched alkanes of at least 4 members (excludes halogenated alkanes) is 1. The molecule has 21 heavy (non-hydrogen) atoms. The van der Waals surface area contributed by atoms with E-state index in [0.29, 0.717) is 6.04 Å². The second-order valence-corrected chi connectivity index (χ2v) is 5.23. The largest absolute Gasteiger partial charge is 0.493 e. The highest BCUT2D eigenvalue weighted by molar-refractivity contribution is 5.55. The first-order chi connectivity index (χ1) is 10.2. The molecule has 0 radical (unpaired) electrons. The fraction of sp³-hybridized carbons (Fsp3) is 0.556. The third-order valence-electron chi connectivity index (χ3n) is 3.48. The average Bonchev–Trinajstić information content (AvgIpc) is 2.51. The molecule has 1 rings (SSSR count). The summed E-state index contributed by atoms with van der Waals surface area (Å²) in [6.45, 7) is 8.19. The molecule has 1 aromatic rings. The van der Waals surface area contributed by atoms with Crippen molar-refractivity contribution in [2.24, 2.45) is 0 Å². The van der Waals surface area contributed by atoms with Gasteiger partial charge in [-0.1, -0.05) is 25.1 Å². The van der Waals surface area contributed by atoms with Crippen molar-refractivity contribution < 1.29 is 9.47 Å². The van der Waals surface area contributed by atoms with Crippen molar-refractivity contribution in [1.82, 2.24) is 5.32 Å². The summed E-state index contributed by atoms with van der Waals surface area (Å²) in [5.41, 5.74) is 1.12. The van der Waals surface area contributed by atoms with Crippen molar-refractivity contribution in [3.8, 4) is 11.5 Å². The number of allylic oxidation sites excluding steroid dienone is 1. The molecule has 0 aliphatic heterocycles. The standard InChI is InChI=1S/C18H29NO2/c1-5-9-16-10-11-17(18(14-16)20-4)21-13-8-7-12-19-15(3)6-2/h5,9-11,14-15,19H,6-8,12-13H2,1-4H3. The van der Waals surface area contributed by atoms with Crippen LogP contribution in [-0.2, 0) is 0 Å². The molecule has 3 heteroatoms. The van der Waals surface area contributed by atoms with E-state index in [-0.39, 0.29) is 0 Å². The van der Waals surface area contributed by atoms with Gasteiger partial charge >= 0.3 is 0 Å². The van der Waals surface area contributed by atoms with Crippen LogP contribution < -0.4 is 14.8 Å².